The second-order valence-electron chi connectivity index (χ2n) is 9.17. The summed E-state index contributed by atoms with van der Waals surface area (Å²) in [7, 11) is 0. The lowest BCUT2D eigenvalue weighted by Crippen LogP contribution is -2.38. The van der Waals surface area contributed by atoms with Crippen molar-refractivity contribution in [2.24, 2.45) is 4.99 Å². The first-order valence-electron chi connectivity index (χ1n) is 12.8. The highest BCUT2D eigenvalue weighted by Gasteiger charge is 2.42. The summed E-state index contributed by atoms with van der Waals surface area (Å²) in [5.41, 5.74) is 2.94. The van der Waals surface area contributed by atoms with Crippen LogP contribution in [0.2, 0.25) is 0 Å². The molecule has 1 N–H and O–H groups in total. The average Bonchev–Trinajstić information content (AvgIpc) is 3.38. The lowest BCUT2D eigenvalue weighted by Gasteiger charge is -2.36. The van der Waals surface area contributed by atoms with Crippen molar-refractivity contribution in [1.29, 1.82) is 0 Å². The third kappa shape index (κ3) is 6.04. The molecule has 0 bridgehead atoms. The third-order valence-corrected chi connectivity index (χ3v) is 7.38. The summed E-state index contributed by atoms with van der Waals surface area (Å²) < 4.78 is 18.7. The van der Waals surface area contributed by atoms with Gasteiger partial charge in [-0.25, -0.2) is 14.2 Å². The highest BCUT2D eigenvalue weighted by Crippen LogP contribution is 2.47. The van der Waals surface area contributed by atoms with Gasteiger partial charge in [0.2, 0.25) is 5.91 Å². The van der Waals surface area contributed by atoms with E-state index in [4.69, 9.17) is 9.73 Å². The van der Waals surface area contributed by atoms with Crippen molar-refractivity contribution in [3.63, 3.8) is 0 Å². The number of amidine groups is 1. The molecule has 5 rings (SSSR count). The Balaban J connectivity index is 1.54. The maximum Gasteiger partial charge on any atom is 0.338 e. The van der Waals surface area contributed by atoms with Crippen LogP contribution in [0, 0.1) is 15.9 Å². The highest BCUT2D eigenvalue weighted by molar-refractivity contribution is 8.16. The number of rotatable bonds is 9. The summed E-state index contributed by atoms with van der Waals surface area (Å²) in [6.45, 7) is 2.02. The third-order valence-electron chi connectivity index (χ3n) is 6.49. The number of esters is 1. The van der Waals surface area contributed by atoms with Crippen LogP contribution in [0.15, 0.2) is 101 Å². The quantitative estimate of drug-likeness (QED) is 0.198. The SMILES string of the molecule is CCOC(=O)C1=C(c2ccccc2)N=C2SC=C(CC(=O)NCc3ccc(F)cc3)N2[C@@H]1c1cccc([N+](=O)[O-])c1. The number of hydrogen-bond donors (Lipinski definition) is 1. The number of nitrogens with one attached hydrogen (secondary N) is 1. The van der Waals surface area contributed by atoms with Gasteiger partial charge in [-0.15, -0.1) is 0 Å². The number of nitro benzene ring substituents is 1. The molecular weight excluding hydrogens is 547 g/mol. The number of amides is 1. The van der Waals surface area contributed by atoms with Crippen LogP contribution in [0.4, 0.5) is 10.1 Å². The first-order chi connectivity index (χ1) is 19.9. The fourth-order valence-corrected chi connectivity index (χ4v) is 5.56. The number of thioether (sulfide) groups is 1. The molecule has 0 saturated heterocycles. The average molecular weight is 573 g/mol. The topological polar surface area (TPSA) is 114 Å². The minimum atomic E-state index is -0.845. The van der Waals surface area contributed by atoms with E-state index in [1.54, 1.807) is 41.5 Å². The Kier molecular flexibility index (Phi) is 8.25. The monoisotopic (exact) mass is 572 g/mol. The first kappa shape index (κ1) is 27.8. The van der Waals surface area contributed by atoms with E-state index in [0.29, 0.717) is 27.7 Å². The van der Waals surface area contributed by atoms with E-state index in [1.807, 2.05) is 30.3 Å². The number of ether oxygens (including phenoxy) is 1. The minimum Gasteiger partial charge on any atom is -0.463 e. The molecule has 0 saturated carbocycles. The number of hydrogen-bond acceptors (Lipinski definition) is 8. The van der Waals surface area contributed by atoms with Crippen LogP contribution in [-0.4, -0.2) is 33.5 Å². The molecule has 0 fully saturated rings. The van der Waals surface area contributed by atoms with E-state index in [0.717, 1.165) is 5.56 Å². The molecule has 0 spiro atoms. The van der Waals surface area contributed by atoms with Crippen LogP contribution in [0.25, 0.3) is 5.70 Å². The summed E-state index contributed by atoms with van der Waals surface area (Å²) in [6.07, 6.45) is -0.0462. The molecule has 0 aliphatic carbocycles. The van der Waals surface area contributed by atoms with Gasteiger partial charge >= 0.3 is 5.97 Å². The number of carbonyl (C=O) groups is 2. The molecule has 0 radical (unpaired) electrons. The smallest absolute Gasteiger partial charge is 0.338 e. The van der Waals surface area contributed by atoms with E-state index < -0.39 is 16.9 Å². The van der Waals surface area contributed by atoms with E-state index in [-0.39, 0.29) is 42.6 Å². The molecule has 3 aromatic rings. The predicted molar refractivity (Wildman–Crippen MR) is 154 cm³/mol. The summed E-state index contributed by atoms with van der Waals surface area (Å²) in [5, 5.41) is 16.8. The van der Waals surface area contributed by atoms with Crippen LogP contribution in [0.1, 0.15) is 36.1 Å². The number of non-ortho nitro benzene ring substituents is 1. The summed E-state index contributed by atoms with van der Waals surface area (Å²) >= 11 is 1.30. The maximum atomic E-state index is 13.5. The molecule has 1 amide bonds. The second kappa shape index (κ2) is 12.2. The Bertz CT molecular complexity index is 1590. The maximum absolute atomic E-state index is 13.5. The van der Waals surface area contributed by atoms with Gasteiger partial charge in [-0.2, -0.15) is 0 Å². The van der Waals surface area contributed by atoms with E-state index in [9.17, 15) is 24.1 Å². The van der Waals surface area contributed by atoms with Crippen molar-refractivity contribution in [2.75, 3.05) is 6.61 Å². The molecule has 208 valence electrons. The van der Waals surface area contributed by atoms with Crippen molar-refractivity contribution < 1.29 is 23.6 Å². The molecule has 1 atom stereocenters. The van der Waals surface area contributed by atoms with Crippen molar-refractivity contribution in [3.8, 4) is 0 Å². The van der Waals surface area contributed by atoms with Gasteiger partial charge in [0.1, 0.15) is 5.82 Å². The van der Waals surface area contributed by atoms with Crippen LogP contribution in [0.3, 0.4) is 0 Å². The minimum absolute atomic E-state index is 0.0462. The lowest BCUT2D eigenvalue weighted by molar-refractivity contribution is -0.384. The Labute approximate surface area is 239 Å². The number of aliphatic imine (C=N–C) groups is 1. The molecule has 0 aromatic heterocycles. The number of halogens is 1. The molecule has 9 nitrogen and oxygen atoms in total. The van der Waals surface area contributed by atoms with Crippen LogP contribution >= 0.6 is 11.8 Å². The normalized spacial score (nSPS) is 16.0. The Morgan fingerprint density at radius 1 is 1.10 bits per heavy atom. The number of benzene rings is 3. The van der Waals surface area contributed by atoms with Gasteiger partial charge in [0.25, 0.3) is 5.69 Å². The predicted octanol–water partition coefficient (Wildman–Crippen LogP) is 5.72. The lowest BCUT2D eigenvalue weighted by atomic mass is 9.91. The van der Waals surface area contributed by atoms with Crippen LogP contribution < -0.4 is 5.32 Å². The van der Waals surface area contributed by atoms with Crippen molar-refractivity contribution in [3.05, 3.63) is 128 Å². The van der Waals surface area contributed by atoms with Gasteiger partial charge in [0.05, 0.1) is 35.3 Å². The van der Waals surface area contributed by atoms with Crippen molar-refractivity contribution in [2.45, 2.75) is 25.9 Å². The van der Waals surface area contributed by atoms with Crippen molar-refractivity contribution >= 4 is 40.2 Å². The number of nitro groups is 1. The fourth-order valence-electron chi connectivity index (χ4n) is 4.64. The molecular formula is C30H25FN4O5S. The number of fused-ring (bicyclic) bond motifs is 1. The summed E-state index contributed by atoms with van der Waals surface area (Å²) in [4.78, 5) is 44.3. The second-order valence-corrected chi connectivity index (χ2v) is 10.0. The molecule has 2 aliphatic heterocycles. The van der Waals surface area contributed by atoms with Crippen LogP contribution in [0.5, 0.6) is 0 Å². The van der Waals surface area contributed by atoms with Gasteiger partial charge in [-0.05, 0) is 35.6 Å². The molecule has 41 heavy (non-hydrogen) atoms. The van der Waals surface area contributed by atoms with Gasteiger partial charge < -0.3 is 15.0 Å². The van der Waals surface area contributed by atoms with Gasteiger partial charge in [0.15, 0.2) is 5.17 Å². The van der Waals surface area contributed by atoms with E-state index in [2.05, 4.69) is 5.32 Å². The zero-order valence-corrected chi connectivity index (χ0v) is 22.8. The Morgan fingerprint density at radius 2 is 1.85 bits per heavy atom. The zero-order valence-electron chi connectivity index (χ0n) is 22.0. The largest absolute Gasteiger partial charge is 0.463 e. The van der Waals surface area contributed by atoms with Gasteiger partial charge in [-0.3, -0.25) is 14.9 Å². The molecule has 2 heterocycles. The number of nitrogens with zero attached hydrogens (tertiary/aromatic N) is 3. The van der Waals surface area contributed by atoms with Gasteiger partial charge in [0, 0.05) is 29.9 Å². The van der Waals surface area contributed by atoms with E-state index in [1.165, 1.54) is 36.0 Å². The van der Waals surface area contributed by atoms with Crippen LogP contribution in [-0.2, 0) is 20.9 Å². The molecule has 0 unspecified atom stereocenters. The Morgan fingerprint density at radius 3 is 2.56 bits per heavy atom. The molecule has 2 aliphatic rings. The molecule has 11 heteroatoms. The number of carbonyl (C=O) groups excluding carboxylic acids is 2. The summed E-state index contributed by atoms with van der Waals surface area (Å²) in [5.74, 6) is -1.27. The highest BCUT2D eigenvalue weighted by atomic mass is 32.2. The standard InChI is InChI=1S/C30H25FN4O5S/c1-2-40-29(37)26-27(20-7-4-3-5-8-20)33-30-34(28(26)21-9-6-10-23(15-21)35(38)39)24(18-41-30)16-25(36)32-17-19-11-13-22(31)14-12-19/h3-15,18,28H,2,16-17H2,1H3,(H,32,36)/t28-/m1/s1. The van der Waals surface area contributed by atoms with Gasteiger partial charge in [-0.1, -0.05) is 66.4 Å². The summed E-state index contributed by atoms with van der Waals surface area (Å²) in [6, 6.07) is 20.2. The molecule has 3 aromatic carbocycles. The zero-order chi connectivity index (χ0) is 28.9. The first-order valence-corrected chi connectivity index (χ1v) is 13.7. The Hall–Kier alpha value is -4.77. The fraction of sp³-hybridized carbons (Fsp3) is 0.167. The van der Waals surface area contributed by atoms with E-state index >= 15 is 0 Å². The van der Waals surface area contributed by atoms with Crippen molar-refractivity contribution in [1.82, 2.24) is 10.2 Å².